The van der Waals surface area contributed by atoms with Crippen molar-refractivity contribution in [3.05, 3.63) is 23.7 Å². The molecule has 2 rings (SSSR count). The molecule has 0 aliphatic carbocycles. The summed E-state index contributed by atoms with van der Waals surface area (Å²) in [5, 5.41) is 3.38. The van der Waals surface area contributed by atoms with Crippen LogP contribution in [0.1, 0.15) is 24.5 Å². The van der Waals surface area contributed by atoms with E-state index < -0.39 is 0 Å². The summed E-state index contributed by atoms with van der Waals surface area (Å²) in [6.07, 6.45) is 0. The zero-order chi connectivity index (χ0) is 13.0. The molecule has 18 heavy (non-hydrogen) atoms. The first kappa shape index (κ1) is 13.6. The molecule has 0 spiro atoms. The summed E-state index contributed by atoms with van der Waals surface area (Å²) < 4.78 is 5.69. The number of hydrogen-bond acceptors (Lipinski definition) is 4. The van der Waals surface area contributed by atoms with Crippen LogP contribution >= 0.6 is 0 Å². The molecule has 1 aromatic heterocycles. The Morgan fingerprint density at radius 2 is 2.11 bits per heavy atom. The summed E-state index contributed by atoms with van der Waals surface area (Å²) in [6.45, 7) is 11.0. The fraction of sp³-hybridized carbons (Fsp3) is 0.714. The van der Waals surface area contributed by atoms with Crippen molar-refractivity contribution in [2.45, 2.75) is 19.9 Å². The molecular weight excluding hydrogens is 226 g/mol. The highest BCUT2D eigenvalue weighted by molar-refractivity contribution is 5.08. The molecule has 0 radical (unpaired) electrons. The molecule has 1 N–H and O–H groups in total. The van der Waals surface area contributed by atoms with Crippen molar-refractivity contribution >= 4 is 0 Å². The number of furan rings is 1. The first-order valence-corrected chi connectivity index (χ1v) is 6.86. The van der Waals surface area contributed by atoms with Gasteiger partial charge in [0.2, 0.25) is 0 Å². The van der Waals surface area contributed by atoms with E-state index in [4.69, 9.17) is 4.42 Å². The van der Waals surface area contributed by atoms with Crippen LogP contribution in [0.25, 0.3) is 0 Å². The fourth-order valence-corrected chi connectivity index (χ4v) is 2.32. The molecule has 0 saturated carbocycles. The van der Waals surface area contributed by atoms with Gasteiger partial charge in [-0.25, -0.2) is 0 Å². The maximum absolute atomic E-state index is 5.69. The zero-order valence-corrected chi connectivity index (χ0v) is 11.8. The molecule has 1 fully saturated rings. The average molecular weight is 251 g/mol. The molecule has 2 heterocycles. The van der Waals surface area contributed by atoms with Crippen LogP contribution in [-0.2, 0) is 0 Å². The van der Waals surface area contributed by atoms with E-state index in [2.05, 4.69) is 35.2 Å². The highest BCUT2D eigenvalue weighted by Gasteiger charge is 2.16. The van der Waals surface area contributed by atoms with E-state index in [1.807, 2.05) is 13.0 Å². The molecule has 1 aliphatic rings. The van der Waals surface area contributed by atoms with Crippen molar-refractivity contribution in [3.63, 3.8) is 0 Å². The van der Waals surface area contributed by atoms with Crippen molar-refractivity contribution in [2.75, 3.05) is 46.3 Å². The van der Waals surface area contributed by atoms with Crippen molar-refractivity contribution < 1.29 is 4.42 Å². The van der Waals surface area contributed by atoms with Crippen molar-refractivity contribution in [1.29, 1.82) is 0 Å². The van der Waals surface area contributed by atoms with Gasteiger partial charge in [-0.1, -0.05) is 0 Å². The van der Waals surface area contributed by atoms with Crippen molar-refractivity contribution in [3.8, 4) is 0 Å². The van der Waals surface area contributed by atoms with E-state index in [0.717, 1.165) is 37.7 Å². The number of nitrogens with zero attached hydrogens (tertiary/aromatic N) is 2. The fourth-order valence-electron chi connectivity index (χ4n) is 2.32. The van der Waals surface area contributed by atoms with Gasteiger partial charge in [0.1, 0.15) is 11.5 Å². The average Bonchev–Trinajstić information content (AvgIpc) is 2.83. The standard InChI is InChI=1S/C14H25N3O/c1-12-4-5-14(18-12)13(2)16(3)10-11-17-8-6-15-7-9-17/h4-5,13,15H,6-11H2,1-3H3. The van der Waals surface area contributed by atoms with E-state index in [1.54, 1.807) is 0 Å². The second-order valence-corrected chi connectivity index (χ2v) is 5.20. The molecule has 1 unspecified atom stereocenters. The van der Waals surface area contributed by atoms with Gasteiger partial charge in [0.25, 0.3) is 0 Å². The van der Waals surface area contributed by atoms with E-state index in [0.29, 0.717) is 6.04 Å². The monoisotopic (exact) mass is 251 g/mol. The topological polar surface area (TPSA) is 31.6 Å². The second-order valence-electron chi connectivity index (χ2n) is 5.20. The van der Waals surface area contributed by atoms with Crippen LogP contribution in [0, 0.1) is 6.92 Å². The largest absolute Gasteiger partial charge is 0.465 e. The summed E-state index contributed by atoms with van der Waals surface area (Å²) in [5.41, 5.74) is 0. The van der Waals surface area contributed by atoms with Crippen LogP contribution in [0.15, 0.2) is 16.5 Å². The molecule has 1 aromatic rings. The van der Waals surface area contributed by atoms with Gasteiger partial charge in [-0.2, -0.15) is 0 Å². The molecule has 0 amide bonds. The summed E-state index contributed by atoms with van der Waals surface area (Å²) in [6, 6.07) is 4.47. The molecule has 0 bridgehead atoms. The van der Waals surface area contributed by atoms with Crippen LogP contribution < -0.4 is 5.32 Å². The number of aryl methyl sites for hydroxylation is 1. The van der Waals surface area contributed by atoms with E-state index >= 15 is 0 Å². The van der Waals surface area contributed by atoms with E-state index in [9.17, 15) is 0 Å². The van der Waals surface area contributed by atoms with Crippen molar-refractivity contribution in [2.24, 2.45) is 0 Å². The summed E-state index contributed by atoms with van der Waals surface area (Å²) in [4.78, 5) is 4.88. The number of nitrogens with one attached hydrogen (secondary N) is 1. The van der Waals surface area contributed by atoms with Gasteiger partial charge in [0.15, 0.2) is 0 Å². The third kappa shape index (κ3) is 3.57. The van der Waals surface area contributed by atoms with Gasteiger partial charge in [-0.05, 0) is 33.0 Å². The predicted molar refractivity (Wildman–Crippen MR) is 73.8 cm³/mol. The Balaban J connectivity index is 1.78. The van der Waals surface area contributed by atoms with Crippen LogP contribution in [0.5, 0.6) is 0 Å². The lowest BCUT2D eigenvalue weighted by molar-refractivity contribution is 0.172. The first-order valence-electron chi connectivity index (χ1n) is 6.86. The lowest BCUT2D eigenvalue weighted by atomic mass is 10.2. The van der Waals surface area contributed by atoms with Crippen LogP contribution in [0.3, 0.4) is 0 Å². The van der Waals surface area contributed by atoms with E-state index in [-0.39, 0.29) is 0 Å². The number of rotatable bonds is 5. The number of hydrogen-bond donors (Lipinski definition) is 1. The predicted octanol–water partition coefficient (Wildman–Crippen LogP) is 1.49. The Morgan fingerprint density at radius 3 is 2.72 bits per heavy atom. The Kier molecular flexibility index (Phi) is 4.80. The molecule has 4 heteroatoms. The second kappa shape index (κ2) is 6.36. The summed E-state index contributed by atoms with van der Waals surface area (Å²) in [7, 11) is 2.17. The molecular formula is C14H25N3O. The third-order valence-electron chi connectivity index (χ3n) is 3.81. The molecule has 4 nitrogen and oxygen atoms in total. The smallest absolute Gasteiger partial charge is 0.121 e. The molecule has 1 saturated heterocycles. The minimum Gasteiger partial charge on any atom is -0.465 e. The van der Waals surface area contributed by atoms with Gasteiger partial charge in [0.05, 0.1) is 6.04 Å². The summed E-state index contributed by atoms with van der Waals surface area (Å²) >= 11 is 0. The van der Waals surface area contributed by atoms with Gasteiger partial charge in [-0.3, -0.25) is 9.80 Å². The van der Waals surface area contributed by atoms with E-state index in [1.165, 1.54) is 13.1 Å². The normalized spacial score (nSPS) is 19.3. The Labute approximate surface area is 110 Å². The third-order valence-corrected chi connectivity index (χ3v) is 3.81. The van der Waals surface area contributed by atoms with Gasteiger partial charge in [-0.15, -0.1) is 0 Å². The number of likely N-dealkylation sites (N-methyl/N-ethyl adjacent to an activating group) is 1. The minimum absolute atomic E-state index is 0.349. The Morgan fingerprint density at radius 1 is 1.39 bits per heavy atom. The molecule has 0 aromatic carbocycles. The zero-order valence-electron chi connectivity index (χ0n) is 11.8. The Hall–Kier alpha value is -0.840. The maximum atomic E-state index is 5.69. The minimum atomic E-state index is 0.349. The lowest BCUT2D eigenvalue weighted by Gasteiger charge is -2.30. The van der Waals surface area contributed by atoms with Crippen molar-refractivity contribution in [1.82, 2.24) is 15.1 Å². The lowest BCUT2D eigenvalue weighted by Crippen LogP contribution is -2.46. The van der Waals surface area contributed by atoms with Crippen LogP contribution in [-0.4, -0.2) is 56.1 Å². The number of piperazine rings is 1. The maximum Gasteiger partial charge on any atom is 0.121 e. The van der Waals surface area contributed by atoms with Crippen LogP contribution in [0.4, 0.5) is 0 Å². The molecule has 1 aliphatic heterocycles. The first-order chi connectivity index (χ1) is 8.66. The molecule has 102 valence electrons. The molecule has 1 atom stereocenters. The van der Waals surface area contributed by atoms with Gasteiger partial charge < -0.3 is 9.73 Å². The van der Waals surface area contributed by atoms with Gasteiger partial charge in [0, 0.05) is 39.3 Å². The quantitative estimate of drug-likeness (QED) is 0.859. The highest BCUT2D eigenvalue weighted by atomic mass is 16.3. The summed E-state index contributed by atoms with van der Waals surface area (Å²) in [5.74, 6) is 2.06. The van der Waals surface area contributed by atoms with Gasteiger partial charge >= 0.3 is 0 Å². The Bertz CT molecular complexity index is 358. The van der Waals surface area contributed by atoms with Crippen LogP contribution in [0.2, 0.25) is 0 Å². The highest BCUT2D eigenvalue weighted by Crippen LogP contribution is 2.20. The SMILES string of the molecule is Cc1ccc(C(C)N(C)CCN2CCNCC2)o1.